The molecule has 1 aromatic heterocycles. The third-order valence-corrected chi connectivity index (χ3v) is 6.37. The van der Waals surface area contributed by atoms with Gasteiger partial charge in [0.05, 0.1) is 26.4 Å². The lowest BCUT2D eigenvalue weighted by molar-refractivity contribution is 0.0519. The monoisotopic (exact) mass is 549 g/mol. The smallest absolute Gasteiger partial charge is 0.251 e. The van der Waals surface area contributed by atoms with Crippen molar-refractivity contribution in [1.82, 2.24) is 20.3 Å². The summed E-state index contributed by atoms with van der Waals surface area (Å²) >= 11 is 0. The van der Waals surface area contributed by atoms with Gasteiger partial charge in [0.1, 0.15) is 0 Å². The number of aromatic nitrogens is 3. The molecule has 0 spiro atoms. The quantitative estimate of drug-likeness (QED) is 0.242. The van der Waals surface area contributed by atoms with Crippen molar-refractivity contribution in [1.29, 1.82) is 0 Å². The number of carbonyl (C=O) groups is 1. The Balaban J connectivity index is 1.01. The lowest BCUT2D eigenvalue weighted by Gasteiger charge is -2.17. The number of hydrogen-bond donors (Lipinski definition) is 3. The Kier molecular flexibility index (Phi) is 9.79. The number of anilines is 3. The largest absolute Gasteiger partial charge is 0.454 e. The van der Waals surface area contributed by atoms with E-state index in [9.17, 15) is 4.79 Å². The highest BCUT2D eigenvalue weighted by atomic mass is 16.7. The van der Waals surface area contributed by atoms with Gasteiger partial charge in [-0.1, -0.05) is 24.3 Å². The van der Waals surface area contributed by atoms with E-state index in [0.29, 0.717) is 69.5 Å². The zero-order valence-corrected chi connectivity index (χ0v) is 22.4. The number of nitrogens with one attached hydrogen (secondary N) is 3. The van der Waals surface area contributed by atoms with Gasteiger partial charge in [-0.25, -0.2) is 0 Å². The third kappa shape index (κ3) is 7.93. The Morgan fingerprint density at radius 3 is 2.35 bits per heavy atom. The fraction of sp³-hybridized carbons (Fsp3) is 0.429. The number of hydrogen-bond acceptors (Lipinski definition) is 11. The number of nitrogens with zero attached hydrogens (tertiary/aromatic N) is 4. The van der Waals surface area contributed by atoms with E-state index in [4.69, 9.17) is 18.9 Å². The minimum Gasteiger partial charge on any atom is -0.454 e. The Bertz CT molecular complexity index is 1240. The summed E-state index contributed by atoms with van der Waals surface area (Å²) < 4.78 is 22.1. The van der Waals surface area contributed by atoms with Gasteiger partial charge in [0.15, 0.2) is 11.5 Å². The summed E-state index contributed by atoms with van der Waals surface area (Å²) in [6, 6.07) is 15.0. The van der Waals surface area contributed by atoms with E-state index < -0.39 is 0 Å². The predicted molar refractivity (Wildman–Crippen MR) is 150 cm³/mol. The number of carbonyl (C=O) groups excluding carboxylic acids is 1. The van der Waals surface area contributed by atoms with Crippen LogP contribution in [0.25, 0.3) is 0 Å². The van der Waals surface area contributed by atoms with Gasteiger partial charge < -0.3 is 39.8 Å². The maximum atomic E-state index is 12.0. The first-order chi connectivity index (χ1) is 19.7. The van der Waals surface area contributed by atoms with Crippen molar-refractivity contribution >= 4 is 23.8 Å². The van der Waals surface area contributed by atoms with Crippen LogP contribution < -0.4 is 30.3 Å². The first-order valence-electron chi connectivity index (χ1n) is 13.6. The summed E-state index contributed by atoms with van der Waals surface area (Å²) in [4.78, 5) is 28.0. The molecule has 1 fully saturated rings. The van der Waals surface area contributed by atoms with Crippen LogP contribution in [-0.2, 0) is 16.0 Å². The Labute approximate surface area is 233 Å². The van der Waals surface area contributed by atoms with Crippen molar-refractivity contribution in [2.24, 2.45) is 0 Å². The molecule has 40 heavy (non-hydrogen) atoms. The lowest BCUT2D eigenvalue weighted by Crippen LogP contribution is -2.27. The molecule has 3 N–H and O–H groups in total. The van der Waals surface area contributed by atoms with Crippen molar-refractivity contribution in [2.45, 2.75) is 19.4 Å². The van der Waals surface area contributed by atoms with Gasteiger partial charge in [0.2, 0.25) is 24.6 Å². The van der Waals surface area contributed by atoms with Crippen LogP contribution in [0.2, 0.25) is 0 Å². The average molecular weight is 550 g/mol. The lowest BCUT2D eigenvalue weighted by atomic mass is 10.2. The van der Waals surface area contributed by atoms with Crippen molar-refractivity contribution in [2.75, 3.05) is 74.9 Å². The highest BCUT2D eigenvalue weighted by Crippen LogP contribution is 2.32. The molecule has 2 aromatic carbocycles. The van der Waals surface area contributed by atoms with E-state index in [2.05, 4.69) is 35.8 Å². The Morgan fingerprint density at radius 2 is 1.55 bits per heavy atom. The van der Waals surface area contributed by atoms with Gasteiger partial charge in [-0.3, -0.25) is 4.79 Å². The standard InChI is InChI=1S/C28H35N7O5/c36-25(22-6-2-1-3-7-22)29-10-14-37-16-17-38-15-11-30-26-32-27(34-28(33-26)35-12-4-5-13-35)31-19-21-8-9-23-24(18-21)40-20-39-23/h1-3,6-9,18H,4-5,10-17,19-20H2,(H,29,36)(H2,30,31,32,33,34). The molecule has 0 unspecified atom stereocenters. The summed E-state index contributed by atoms with van der Waals surface area (Å²) in [7, 11) is 0. The van der Waals surface area contributed by atoms with Crippen molar-refractivity contribution in [3.8, 4) is 11.5 Å². The average Bonchev–Trinajstić information content (AvgIpc) is 3.70. The van der Waals surface area contributed by atoms with Crippen molar-refractivity contribution in [3.63, 3.8) is 0 Å². The third-order valence-electron chi connectivity index (χ3n) is 6.37. The second kappa shape index (κ2) is 14.3. The number of ether oxygens (including phenoxy) is 4. The molecule has 12 heteroatoms. The molecule has 0 saturated carbocycles. The van der Waals surface area contributed by atoms with Crippen LogP contribution in [0.5, 0.6) is 11.5 Å². The van der Waals surface area contributed by atoms with Crippen LogP contribution in [0, 0.1) is 0 Å². The van der Waals surface area contributed by atoms with E-state index in [1.54, 1.807) is 12.1 Å². The summed E-state index contributed by atoms with van der Waals surface area (Å²) in [5, 5.41) is 9.38. The first-order valence-corrected chi connectivity index (χ1v) is 13.6. The summed E-state index contributed by atoms with van der Waals surface area (Å²) in [6.45, 7) is 5.43. The summed E-state index contributed by atoms with van der Waals surface area (Å²) in [6.07, 6.45) is 2.26. The normalized spacial score (nSPS) is 13.8. The number of amides is 1. The Hall–Kier alpha value is -4.16. The molecule has 1 saturated heterocycles. The van der Waals surface area contributed by atoms with Gasteiger partial charge in [-0.2, -0.15) is 15.0 Å². The second-order valence-corrected chi connectivity index (χ2v) is 9.29. The maximum Gasteiger partial charge on any atom is 0.251 e. The van der Waals surface area contributed by atoms with Crippen molar-refractivity contribution < 1.29 is 23.7 Å². The van der Waals surface area contributed by atoms with Crippen LogP contribution in [-0.4, -0.2) is 80.3 Å². The van der Waals surface area contributed by atoms with E-state index in [-0.39, 0.29) is 12.7 Å². The molecule has 1 amide bonds. The van der Waals surface area contributed by atoms with Crippen LogP contribution in [0.4, 0.5) is 17.8 Å². The molecule has 212 valence electrons. The fourth-order valence-corrected chi connectivity index (χ4v) is 4.30. The molecule has 2 aliphatic rings. The van der Waals surface area contributed by atoms with Gasteiger partial charge >= 0.3 is 0 Å². The van der Waals surface area contributed by atoms with E-state index in [1.165, 1.54) is 0 Å². The first kappa shape index (κ1) is 27.4. The highest BCUT2D eigenvalue weighted by molar-refractivity contribution is 5.94. The predicted octanol–water partition coefficient (Wildman–Crippen LogP) is 2.69. The van der Waals surface area contributed by atoms with Gasteiger partial charge in [0.25, 0.3) is 5.91 Å². The second-order valence-electron chi connectivity index (χ2n) is 9.29. The summed E-state index contributed by atoms with van der Waals surface area (Å²) in [5.74, 6) is 3.06. The highest BCUT2D eigenvalue weighted by Gasteiger charge is 2.18. The van der Waals surface area contributed by atoms with Crippen molar-refractivity contribution in [3.05, 3.63) is 59.7 Å². The Morgan fingerprint density at radius 1 is 0.825 bits per heavy atom. The van der Waals surface area contributed by atoms with E-state index >= 15 is 0 Å². The number of fused-ring (bicyclic) bond motifs is 1. The number of benzene rings is 2. The maximum absolute atomic E-state index is 12.0. The summed E-state index contributed by atoms with van der Waals surface area (Å²) in [5.41, 5.74) is 1.67. The SMILES string of the molecule is O=C(NCCOCCOCCNc1nc(NCc2ccc3c(c2)OCO3)nc(N2CCCC2)n1)c1ccccc1. The molecule has 3 heterocycles. The minimum absolute atomic E-state index is 0.107. The molecular formula is C28H35N7O5. The van der Waals surface area contributed by atoms with E-state index in [0.717, 1.165) is 43.0 Å². The van der Waals surface area contributed by atoms with Gasteiger partial charge in [0, 0.05) is 38.3 Å². The fourth-order valence-electron chi connectivity index (χ4n) is 4.30. The minimum atomic E-state index is -0.107. The van der Waals surface area contributed by atoms with Crippen LogP contribution in [0.15, 0.2) is 48.5 Å². The molecule has 3 aromatic rings. The molecule has 0 radical (unpaired) electrons. The molecule has 0 bridgehead atoms. The van der Waals surface area contributed by atoms with Gasteiger partial charge in [-0.15, -0.1) is 0 Å². The van der Waals surface area contributed by atoms with Crippen LogP contribution in [0.1, 0.15) is 28.8 Å². The molecule has 0 atom stereocenters. The number of rotatable bonds is 15. The molecule has 0 aliphatic carbocycles. The topological polar surface area (TPSA) is 132 Å². The molecule has 12 nitrogen and oxygen atoms in total. The molecule has 5 rings (SSSR count). The van der Waals surface area contributed by atoms with Crippen LogP contribution in [0.3, 0.4) is 0 Å². The zero-order chi connectivity index (χ0) is 27.4. The molecule has 2 aliphatic heterocycles. The van der Waals surface area contributed by atoms with E-state index in [1.807, 2.05) is 36.4 Å². The molecular weight excluding hydrogens is 514 g/mol. The zero-order valence-electron chi connectivity index (χ0n) is 22.4. The van der Waals surface area contributed by atoms with Gasteiger partial charge in [-0.05, 0) is 42.7 Å². The van der Waals surface area contributed by atoms with Crippen LogP contribution >= 0.6 is 0 Å².